The Bertz CT molecular complexity index is 183. The maximum Gasteiger partial charge on any atom is 0.307 e. The molecular weight excluding hydrogens is 166 g/mol. The number of hydrogen-bond acceptors (Lipinski definition) is 3. The molecule has 13 heavy (non-hydrogen) atoms. The van der Waals surface area contributed by atoms with E-state index in [1.54, 1.807) is 0 Å². The number of ether oxygens (including phenoxy) is 1. The van der Waals surface area contributed by atoms with Crippen molar-refractivity contribution in [2.24, 2.45) is 5.73 Å². The Morgan fingerprint density at radius 2 is 2.00 bits per heavy atom. The molecule has 0 aromatic carbocycles. The SMILES string of the molecule is CC(C)OC(=O)CC1(N)CCCC1. The third-order valence-electron chi connectivity index (χ3n) is 2.46. The predicted molar refractivity (Wildman–Crippen MR) is 51.2 cm³/mol. The van der Waals surface area contributed by atoms with E-state index in [4.69, 9.17) is 10.5 Å². The van der Waals surface area contributed by atoms with E-state index in [2.05, 4.69) is 0 Å². The molecule has 1 saturated carbocycles. The molecule has 0 aromatic heterocycles. The predicted octanol–water partition coefficient (Wildman–Crippen LogP) is 1.60. The molecule has 0 amide bonds. The topological polar surface area (TPSA) is 52.3 Å². The van der Waals surface area contributed by atoms with Crippen LogP contribution in [-0.4, -0.2) is 17.6 Å². The van der Waals surface area contributed by atoms with E-state index in [0.717, 1.165) is 25.7 Å². The average molecular weight is 185 g/mol. The standard InChI is InChI=1S/C10H19NO2/c1-8(2)13-9(12)7-10(11)5-3-4-6-10/h8H,3-7,11H2,1-2H3. The molecule has 3 nitrogen and oxygen atoms in total. The summed E-state index contributed by atoms with van der Waals surface area (Å²) in [6.07, 6.45) is 4.56. The van der Waals surface area contributed by atoms with Gasteiger partial charge < -0.3 is 10.5 Å². The lowest BCUT2D eigenvalue weighted by molar-refractivity contribution is -0.148. The van der Waals surface area contributed by atoms with Crippen LogP contribution in [-0.2, 0) is 9.53 Å². The first-order valence-corrected chi connectivity index (χ1v) is 5.00. The van der Waals surface area contributed by atoms with Gasteiger partial charge in [-0.1, -0.05) is 12.8 Å². The maximum absolute atomic E-state index is 11.3. The van der Waals surface area contributed by atoms with Crippen molar-refractivity contribution in [3.63, 3.8) is 0 Å². The van der Waals surface area contributed by atoms with Crippen LogP contribution in [0.4, 0.5) is 0 Å². The van der Waals surface area contributed by atoms with Crippen molar-refractivity contribution >= 4 is 5.97 Å². The van der Waals surface area contributed by atoms with Crippen LogP contribution < -0.4 is 5.73 Å². The highest BCUT2D eigenvalue weighted by Gasteiger charge is 2.32. The number of carbonyl (C=O) groups excluding carboxylic acids is 1. The Balaban J connectivity index is 2.34. The summed E-state index contributed by atoms with van der Waals surface area (Å²) >= 11 is 0. The van der Waals surface area contributed by atoms with Crippen LogP contribution in [0.15, 0.2) is 0 Å². The highest BCUT2D eigenvalue weighted by Crippen LogP contribution is 2.30. The zero-order valence-corrected chi connectivity index (χ0v) is 8.51. The fraction of sp³-hybridized carbons (Fsp3) is 0.900. The van der Waals surface area contributed by atoms with Gasteiger partial charge >= 0.3 is 5.97 Å². The maximum atomic E-state index is 11.3. The summed E-state index contributed by atoms with van der Waals surface area (Å²) in [6.45, 7) is 3.71. The molecule has 1 aliphatic rings. The summed E-state index contributed by atoms with van der Waals surface area (Å²) in [5, 5.41) is 0. The highest BCUT2D eigenvalue weighted by atomic mass is 16.5. The second-order valence-corrected chi connectivity index (χ2v) is 4.28. The normalized spacial score (nSPS) is 20.6. The third-order valence-corrected chi connectivity index (χ3v) is 2.46. The fourth-order valence-corrected chi connectivity index (χ4v) is 1.85. The van der Waals surface area contributed by atoms with Gasteiger partial charge in [0.25, 0.3) is 0 Å². The summed E-state index contributed by atoms with van der Waals surface area (Å²) in [5.74, 6) is -0.153. The quantitative estimate of drug-likeness (QED) is 0.679. The van der Waals surface area contributed by atoms with Crippen LogP contribution in [0.25, 0.3) is 0 Å². The molecular formula is C10H19NO2. The Hall–Kier alpha value is -0.570. The molecule has 0 aromatic rings. The molecule has 0 saturated heterocycles. The summed E-state index contributed by atoms with van der Waals surface area (Å²) in [4.78, 5) is 11.3. The smallest absolute Gasteiger partial charge is 0.307 e. The van der Waals surface area contributed by atoms with Gasteiger partial charge in [-0.25, -0.2) is 0 Å². The number of hydrogen-bond donors (Lipinski definition) is 1. The number of nitrogens with two attached hydrogens (primary N) is 1. The van der Waals surface area contributed by atoms with Crippen LogP contribution in [0.5, 0.6) is 0 Å². The van der Waals surface area contributed by atoms with E-state index in [1.165, 1.54) is 0 Å². The number of rotatable bonds is 3. The van der Waals surface area contributed by atoms with Gasteiger partial charge in [-0.3, -0.25) is 4.79 Å². The van der Waals surface area contributed by atoms with Crippen LogP contribution in [0.3, 0.4) is 0 Å². The van der Waals surface area contributed by atoms with Gasteiger partial charge in [0.05, 0.1) is 12.5 Å². The van der Waals surface area contributed by atoms with Crippen LogP contribution >= 0.6 is 0 Å². The number of esters is 1. The Kier molecular flexibility index (Phi) is 3.31. The van der Waals surface area contributed by atoms with E-state index >= 15 is 0 Å². The zero-order chi connectivity index (χ0) is 9.90. The van der Waals surface area contributed by atoms with Crippen molar-refractivity contribution in [1.29, 1.82) is 0 Å². The largest absolute Gasteiger partial charge is 0.463 e. The van der Waals surface area contributed by atoms with Crippen molar-refractivity contribution in [3.05, 3.63) is 0 Å². The second kappa shape index (κ2) is 4.09. The van der Waals surface area contributed by atoms with E-state index in [0.29, 0.717) is 6.42 Å². The summed E-state index contributed by atoms with van der Waals surface area (Å²) in [5.41, 5.74) is 5.76. The Labute approximate surface area is 79.6 Å². The van der Waals surface area contributed by atoms with E-state index in [1.807, 2.05) is 13.8 Å². The molecule has 3 heteroatoms. The van der Waals surface area contributed by atoms with Gasteiger partial charge in [0.15, 0.2) is 0 Å². The van der Waals surface area contributed by atoms with Gasteiger partial charge in [0.1, 0.15) is 0 Å². The molecule has 2 N–H and O–H groups in total. The minimum Gasteiger partial charge on any atom is -0.463 e. The molecule has 0 spiro atoms. The van der Waals surface area contributed by atoms with Crippen LogP contribution in [0, 0.1) is 0 Å². The van der Waals surface area contributed by atoms with E-state index in [9.17, 15) is 4.79 Å². The first-order chi connectivity index (χ1) is 6.02. The first-order valence-electron chi connectivity index (χ1n) is 5.00. The van der Waals surface area contributed by atoms with Gasteiger partial charge in [0, 0.05) is 5.54 Å². The van der Waals surface area contributed by atoms with Gasteiger partial charge in [-0.05, 0) is 26.7 Å². The van der Waals surface area contributed by atoms with Gasteiger partial charge in [0.2, 0.25) is 0 Å². The lowest BCUT2D eigenvalue weighted by Crippen LogP contribution is -2.39. The monoisotopic (exact) mass is 185 g/mol. The minimum absolute atomic E-state index is 0.0301. The zero-order valence-electron chi connectivity index (χ0n) is 8.51. The van der Waals surface area contributed by atoms with Crippen molar-refractivity contribution < 1.29 is 9.53 Å². The first kappa shape index (κ1) is 10.5. The molecule has 0 atom stereocenters. The van der Waals surface area contributed by atoms with E-state index in [-0.39, 0.29) is 17.6 Å². The molecule has 0 heterocycles. The average Bonchev–Trinajstić information content (AvgIpc) is 2.33. The van der Waals surface area contributed by atoms with Gasteiger partial charge in [-0.2, -0.15) is 0 Å². The Morgan fingerprint density at radius 3 is 2.46 bits per heavy atom. The minimum atomic E-state index is -0.272. The van der Waals surface area contributed by atoms with Crippen LogP contribution in [0.2, 0.25) is 0 Å². The third kappa shape index (κ3) is 3.35. The number of carbonyl (C=O) groups is 1. The van der Waals surface area contributed by atoms with Crippen molar-refractivity contribution in [3.8, 4) is 0 Å². The van der Waals surface area contributed by atoms with Gasteiger partial charge in [-0.15, -0.1) is 0 Å². The highest BCUT2D eigenvalue weighted by molar-refractivity contribution is 5.71. The molecule has 0 unspecified atom stereocenters. The lowest BCUT2D eigenvalue weighted by atomic mass is 9.95. The molecule has 0 bridgehead atoms. The molecule has 1 rings (SSSR count). The molecule has 0 aliphatic heterocycles. The molecule has 1 fully saturated rings. The second-order valence-electron chi connectivity index (χ2n) is 4.28. The van der Waals surface area contributed by atoms with Crippen molar-refractivity contribution in [2.75, 3.05) is 0 Å². The lowest BCUT2D eigenvalue weighted by Gasteiger charge is -2.22. The summed E-state index contributed by atoms with van der Waals surface area (Å²) in [7, 11) is 0. The van der Waals surface area contributed by atoms with Crippen LogP contribution in [0.1, 0.15) is 46.0 Å². The van der Waals surface area contributed by atoms with E-state index < -0.39 is 0 Å². The fourth-order valence-electron chi connectivity index (χ4n) is 1.85. The summed E-state index contributed by atoms with van der Waals surface area (Å²) < 4.78 is 5.06. The molecule has 0 radical (unpaired) electrons. The molecule has 76 valence electrons. The molecule has 1 aliphatic carbocycles. The van der Waals surface area contributed by atoms with Crippen molar-refractivity contribution in [2.45, 2.75) is 57.6 Å². The Morgan fingerprint density at radius 1 is 1.46 bits per heavy atom. The summed E-state index contributed by atoms with van der Waals surface area (Å²) in [6, 6.07) is 0. The van der Waals surface area contributed by atoms with Crippen molar-refractivity contribution in [1.82, 2.24) is 0 Å².